The number of nitrogens with zero attached hydrogens (tertiary/aromatic N) is 1. The minimum Gasteiger partial charge on any atom is -0.341 e. The second-order valence-corrected chi connectivity index (χ2v) is 4.37. The molecule has 0 aromatic rings. The van der Waals surface area contributed by atoms with Crippen LogP contribution < -0.4 is 0 Å². The smallest absolute Gasteiger partial charge is 0.226 e. The van der Waals surface area contributed by atoms with E-state index in [9.17, 15) is 9.59 Å². The van der Waals surface area contributed by atoms with Crippen molar-refractivity contribution in [1.29, 1.82) is 0 Å². The molecule has 0 bridgehead atoms. The van der Waals surface area contributed by atoms with Crippen LogP contribution in [0.25, 0.3) is 0 Å². The first kappa shape index (κ1) is 12.1. The lowest BCUT2D eigenvalue weighted by atomic mass is 10.0. The lowest BCUT2D eigenvalue weighted by molar-refractivity contribution is -0.139. The van der Waals surface area contributed by atoms with Crippen molar-refractivity contribution in [2.75, 3.05) is 7.05 Å². The van der Waals surface area contributed by atoms with Crippen LogP contribution in [0.5, 0.6) is 0 Å². The standard InChI is InChI=1S/C10H19NO2/c1-8(6-7-12)9(13)11(5)10(2,3)4/h7-8H,6H2,1-5H3. The van der Waals surface area contributed by atoms with E-state index in [1.807, 2.05) is 20.8 Å². The van der Waals surface area contributed by atoms with Gasteiger partial charge in [0.25, 0.3) is 0 Å². The Kier molecular flexibility index (Phi) is 4.11. The van der Waals surface area contributed by atoms with E-state index in [1.54, 1.807) is 18.9 Å². The van der Waals surface area contributed by atoms with Crippen molar-refractivity contribution in [3.05, 3.63) is 0 Å². The van der Waals surface area contributed by atoms with Crippen LogP contribution in [-0.4, -0.2) is 29.7 Å². The highest BCUT2D eigenvalue weighted by molar-refractivity contribution is 5.81. The van der Waals surface area contributed by atoms with E-state index in [1.165, 1.54) is 0 Å². The molecule has 1 unspecified atom stereocenters. The molecular formula is C10H19NO2. The molecule has 0 aliphatic carbocycles. The van der Waals surface area contributed by atoms with Gasteiger partial charge >= 0.3 is 0 Å². The summed E-state index contributed by atoms with van der Waals surface area (Å²) in [5.41, 5.74) is -0.172. The molecule has 0 fully saturated rings. The zero-order chi connectivity index (χ0) is 10.6. The minimum absolute atomic E-state index is 0.0274. The zero-order valence-electron chi connectivity index (χ0n) is 9.13. The largest absolute Gasteiger partial charge is 0.341 e. The molecule has 0 aliphatic rings. The van der Waals surface area contributed by atoms with E-state index in [-0.39, 0.29) is 17.4 Å². The van der Waals surface area contributed by atoms with Gasteiger partial charge in [-0.25, -0.2) is 0 Å². The van der Waals surface area contributed by atoms with Crippen LogP contribution in [0.4, 0.5) is 0 Å². The molecule has 0 radical (unpaired) electrons. The van der Waals surface area contributed by atoms with Gasteiger partial charge < -0.3 is 9.69 Å². The third kappa shape index (κ3) is 3.57. The summed E-state index contributed by atoms with van der Waals surface area (Å²) in [6.45, 7) is 7.69. The highest BCUT2D eigenvalue weighted by Gasteiger charge is 2.25. The fourth-order valence-corrected chi connectivity index (χ4v) is 0.906. The highest BCUT2D eigenvalue weighted by Crippen LogP contribution is 2.15. The Hall–Kier alpha value is -0.860. The normalized spacial score (nSPS) is 13.6. The number of amides is 1. The average Bonchev–Trinajstić information content (AvgIpc) is 2.00. The summed E-state index contributed by atoms with van der Waals surface area (Å²) in [6.07, 6.45) is 1.10. The molecule has 0 aromatic heterocycles. The molecule has 76 valence electrons. The van der Waals surface area contributed by atoms with Crippen LogP contribution in [-0.2, 0) is 9.59 Å². The molecule has 0 spiro atoms. The fraction of sp³-hybridized carbons (Fsp3) is 0.800. The summed E-state index contributed by atoms with van der Waals surface area (Å²) in [7, 11) is 1.77. The van der Waals surface area contributed by atoms with Gasteiger partial charge in [-0.2, -0.15) is 0 Å². The van der Waals surface area contributed by atoms with E-state index in [0.29, 0.717) is 6.42 Å². The average molecular weight is 185 g/mol. The van der Waals surface area contributed by atoms with Crippen LogP contribution in [0.2, 0.25) is 0 Å². The number of carbonyl (C=O) groups excluding carboxylic acids is 2. The number of aldehydes is 1. The predicted octanol–water partition coefficient (Wildman–Crippen LogP) is 1.47. The van der Waals surface area contributed by atoms with E-state index in [0.717, 1.165) is 6.29 Å². The van der Waals surface area contributed by atoms with Crippen molar-refractivity contribution in [3.63, 3.8) is 0 Å². The third-order valence-corrected chi connectivity index (χ3v) is 2.21. The Labute approximate surface area is 80.1 Å². The first-order chi connectivity index (χ1) is 5.80. The topological polar surface area (TPSA) is 37.4 Å². The van der Waals surface area contributed by atoms with Crippen LogP contribution >= 0.6 is 0 Å². The Morgan fingerprint density at radius 2 is 1.92 bits per heavy atom. The SMILES string of the molecule is CC(CC=O)C(=O)N(C)C(C)(C)C. The first-order valence-corrected chi connectivity index (χ1v) is 4.52. The van der Waals surface area contributed by atoms with Crippen LogP contribution in [0.15, 0.2) is 0 Å². The molecule has 0 aliphatic heterocycles. The zero-order valence-corrected chi connectivity index (χ0v) is 9.13. The Bertz CT molecular complexity index is 194. The monoisotopic (exact) mass is 185 g/mol. The molecule has 3 nitrogen and oxygen atoms in total. The van der Waals surface area contributed by atoms with Gasteiger partial charge in [0.15, 0.2) is 0 Å². The molecule has 0 heterocycles. The van der Waals surface area contributed by atoms with Gasteiger partial charge in [0, 0.05) is 24.9 Å². The van der Waals surface area contributed by atoms with Gasteiger partial charge in [0.05, 0.1) is 0 Å². The number of hydrogen-bond acceptors (Lipinski definition) is 2. The van der Waals surface area contributed by atoms with Crippen LogP contribution in [0.3, 0.4) is 0 Å². The Morgan fingerprint density at radius 3 is 2.23 bits per heavy atom. The lowest BCUT2D eigenvalue weighted by Gasteiger charge is -2.33. The summed E-state index contributed by atoms with van der Waals surface area (Å²) in [4.78, 5) is 23.5. The molecule has 1 atom stereocenters. The first-order valence-electron chi connectivity index (χ1n) is 4.52. The van der Waals surface area contributed by atoms with Crippen LogP contribution in [0, 0.1) is 5.92 Å². The fourth-order valence-electron chi connectivity index (χ4n) is 0.906. The summed E-state index contributed by atoms with van der Waals surface area (Å²) in [6, 6.07) is 0. The second-order valence-electron chi connectivity index (χ2n) is 4.37. The van der Waals surface area contributed by atoms with Crippen molar-refractivity contribution >= 4 is 12.2 Å². The van der Waals surface area contributed by atoms with Crippen molar-refractivity contribution in [1.82, 2.24) is 4.90 Å². The number of rotatable bonds is 3. The van der Waals surface area contributed by atoms with Gasteiger partial charge in [-0.05, 0) is 20.8 Å². The van der Waals surface area contributed by atoms with E-state index >= 15 is 0 Å². The molecule has 0 N–H and O–H groups in total. The van der Waals surface area contributed by atoms with Gasteiger partial charge in [0.2, 0.25) is 5.91 Å². The molecular weight excluding hydrogens is 166 g/mol. The maximum Gasteiger partial charge on any atom is 0.226 e. The number of hydrogen-bond donors (Lipinski definition) is 0. The molecule has 3 heteroatoms. The number of carbonyl (C=O) groups is 2. The molecule has 0 saturated carbocycles. The van der Waals surface area contributed by atoms with Gasteiger partial charge in [0.1, 0.15) is 6.29 Å². The van der Waals surface area contributed by atoms with E-state index < -0.39 is 0 Å². The van der Waals surface area contributed by atoms with Gasteiger partial charge in [-0.3, -0.25) is 4.79 Å². The van der Waals surface area contributed by atoms with Crippen molar-refractivity contribution in [2.45, 2.75) is 39.7 Å². The highest BCUT2D eigenvalue weighted by atomic mass is 16.2. The van der Waals surface area contributed by atoms with Crippen molar-refractivity contribution in [3.8, 4) is 0 Å². The molecule has 0 saturated heterocycles. The summed E-state index contributed by atoms with van der Waals surface area (Å²) >= 11 is 0. The van der Waals surface area contributed by atoms with Gasteiger partial charge in [-0.15, -0.1) is 0 Å². The second kappa shape index (κ2) is 4.40. The molecule has 1 amide bonds. The Morgan fingerprint density at radius 1 is 1.46 bits per heavy atom. The van der Waals surface area contributed by atoms with Crippen LogP contribution in [0.1, 0.15) is 34.1 Å². The molecule has 13 heavy (non-hydrogen) atoms. The lowest BCUT2D eigenvalue weighted by Crippen LogP contribution is -2.45. The summed E-state index contributed by atoms with van der Waals surface area (Å²) in [5.74, 6) is -0.179. The van der Waals surface area contributed by atoms with E-state index in [4.69, 9.17) is 0 Å². The maximum absolute atomic E-state index is 11.6. The minimum atomic E-state index is -0.207. The quantitative estimate of drug-likeness (QED) is 0.624. The maximum atomic E-state index is 11.6. The molecule has 0 aromatic carbocycles. The Balaban J connectivity index is 4.34. The van der Waals surface area contributed by atoms with Gasteiger partial charge in [-0.1, -0.05) is 6.92 Å². The van der Waals surface area contributed by atoms with Crippen molar-refractivity contribution < 1.29 is 9.59 Å². The van der Waals surface area contributed by atoms with E-state index in [2.05, 4.69) is 0 Å². The summed E-state index contributed by atoms with van der Waals surface area (Å²) in [5, 5.41) is 0. The third-order valence-electron chi connectivity index (χ3n) is 2.21. The van der Waals surface area contributed by atoms with Crippen molar-refractivity contribution in [2.24, 2.45) is 5.92 Å². The summed E-state index contributed by atoms with van der Waals surface area (Å²) < 4.78 is 0. The molecule has 0 rings (SSSR count). The predicted molar refractivity (Wildman–Crippen MR) is 52.4 cm³/mol.